The summed E-state index contributed by atoms with van der Waals surface area (Å²) in [6.07, 6.45) is 3.47. The lowest BCUT2D eigenvalue weighted by Crippen LogP contribution is -2.11. The summed E-state index contributed by atoms with van der Waals surface area (Å²) < 4.78 is 0. The van der Waals surface area contributed by atoms with E-state index in [1.165, 1.54) is 0 Å². The number of hydrogen-bond donors (Lipinski definition) is 2. The fraction of sp³-hybridized carbons (Fsp3) is 0.400. The van der Waals surface area contributed by atoms with Gasteiger partial charge in [-0.3, -0.25) is 0 Å². The molecule has 4 heteroatoms. The fourth-order valence-corrected chi connectivity index (χ4v) is 0.535. The summed E-state index contributed by atoms with van der Waals surface area (Å²) in [6.45, 7) is 0.615. The second-order valence-corrected chi connectivity index (χ2v) is 1.56. The van der Waals surface area contributed by atoms with Gasteiger partial charge in [-0.05, 0) is 0 Å². The number of rotatable bonds is 3. The van der Waals surface area contributed by atoms with Gasteiger partial charge in [0, 0.05) is 12.4 Å². The van der Waals surface area contributed by atoms with Crippen LogP contribution < -0.4 is 5.48 Å². The third kappa shape index (κ3) is 1.83. The molecule has 0 unspecified atom stereocenters. The van der Waals surface area contributed by atoms with Gasteiger partial charge < -0.3 is 9.82 Å². The van der Waals surface area contributed by atoms with Crippen molar-refractivity contribution in [2.75, 3.05) is 7.11 Å². The highest BCUT2D eigenvalue weighted by Crippen LogP contribution is 1.84. The summed E-state index contributed by atoms with van der Waals surface area (Å²) >= 11 is 0. The maximum Gasteiger partial charge on any atom is 0.122 e. The number of nitrogens with zero attached hydrogens (tertiary/aromatic N) is 1. The predicted molar refractivity (Wildman–Crippen MR) is 32.4 cm³/mol. The highest BCUT2D eigenvalue weighted by molar-refractivity contribution is 4.84. The Morgan fingerprint density at radius 1 is 1.89 bits per heavy atom. The van der Waals surface area contributed by atoms with Crippen LogP contribution in [0, 0.1) is 0 Å². The first-order valence-electron chi connectivity index (χ1n) is 2.67. The molecule has 0 aliphatic heterocycles. The Morgan fingerprint density at radius 2 is 2.78 bits per heavy atom. The summed E-state index contributed by atoms with van der Waals surface area (Å²) in [4.78, 5) is 11.5. The number of aromatic amines is 1. The standard InChI is InChI=1S/C5H9N3O/c1-9-8-4-5-6-2-3-7-5/h2-3,8H,4H2,1H3,(H,6,7). The second kappa shape index (κ2) is 3.21. The van der Waals surface area contributed by atoms with Gasteiger partial charge >= 0.3 is 0 Å². The molecule has 1 aromatic heterocycles. The van der Waals surface area contributed by atoms with E-state index in [0.717, 1.165) is 5.82 Å². The Balaban J connectivity index is 2.30. The van der Waals surface area contributed by atoms with Crippen molar-refractivity contribution >= 4 is 0 Å². The third-order valence-electron chi connectivity index (χ3n) is 0.939. The SMILES string of the molecule is CONCc1ncc[nH]1. The van der Waals surface area contributed by atoms with Gasteiger partial charge in [-0.25, -0.2) is 4.98 Å². The summed E-state index contributed by atoms with van der Waals surface area (Å²) in [7, 11) is 1.57. The van der Waals surface area contributed by atoms with Gasteiger partial charge in [0.25, 0.3) is 0 Å². The van der Waals surface area contributed by atoms with Gasteiger partial charge in [0.2, 0.25) is 0 Å². The molecule has 4 nitrogen and oxygen atoms in total. The zero-order valence-corrected chi connectivity index (χ0v) is 5.22. The number of imidazole rings is 1. The first-order valence-corrected chi connectivity index (χ1v) is 2.67. The van der Waals surface area contributed by atoms with Crippen molar-refractivity contribution in [3.63, 3.8) is 0 Å². The van der Waals surface area contributed by atoms with E-state index < -0.39 is 0 Å². The normalized spacial score (nSPS) is 9.89. The molecule has 0 aliphatic carbocycles. The minimum Gasteiger partial charge on any atom is -0.347 e. The molecule has 0 spiro atoms. The molecule has 0 amide bonds. The predicted octanol–water partition coefficient (Wildman–Crippen LogP) is 0.0607. The van der Waals surface area contributed by atoms with E-state index in [0.29, 0.717) is 6.54 Å². The molecular weight excluding hydrogens is 118 g/mol. The van der Waals surface area contributed by atoms with Crippen LogP contribution in [-0.4, -0.2) is 17.1 Å². The lowest BCUT2D eigenvalue weighted by Gasteiger charge is -1.95. The molecule has 50 valence electrons. The highest BCUT2D eigenvalue weighted by atomic mass is 16.6. The maximum absolute atomic E-state index is 4.61. The van der Waals surface area contributed by atoms with Crippen molar-refractivity contribution in [1.29, 1.82) is 0 Å². The number of hydrogen-bond acceptors (Lipinski definition) is 3. The van der Waals surface area contributed by atoms with Crippen molar-refractivity contribution in [2.45, 2.75) is 6.54 Å². The molecular formula is C5H9N3O. The second-order valence-electron chi connectivity index (χ2n) is 1.56. The Labute approximate surface area is 53.2 Å². The maximum atomic E-state index is 4.61. The number of H-pyrrole nitrogens is 1. The van der Waals surface area contributed by atoms with Gasteiger partial charge in [0.05, 0.1) is 13.7 Å². The molecule has 0 aromatic carbocycles. The summed E-state index contributed by atoms with van der Waals surface area (Å²) in [5.41, 5.74) is 2.66. The van der Waals surface area contributed by atoms with Crippen LogP contribution >= 0.6 is 0 Å². The van der Waals surface area contributed by atoms with Gasteiger partial charge in [0.15, 0.2) is 0 Å². The topological polar surface area (TPSA) is 49.9 Å². The van der Waals surface area contributed by atoms with E-state index in [1.54, 1.807) is 19.5 Å². The van der Waals surface area contributed by atoms with Gasteiger partial charge in [-0.15, -0.1) is 0 Å². The number of aromatic nitrogens is 2. The number of nitrogens with one attached hydrogen (secondary N) is 2. The Kier molecular flexibility index (Phi) is 2.23. The molecule has 0 bridgehead atoms. The molecule has 0 atom stereocenters. The van der Waals surface area contributed by atoms with Crippen LogP contribution in [0.25, 0.3) is 0 Å². The zero-order chi connectivity index (χ0) is 6.53. The van der Waals surface area contributed by atoms with Crippen LogP contribution in [0.5, 0.6) is 0 Å². The first kappa shape index (κ1) is 6.25. The summed E-state index contributed by atoms with van der Waals surface area (Å²) in [5.74, 6) is 0.872. The third-order valence-corrected chi connectivity index (χ3v) is 0.939. The quantitative estimate of drug-likeness (QED) is 0.564. The average molecular weight is 127 g/mol. The minimum absolute atomic E-state index is 0.615. The lowest BCUT2D eigenvalue weighted by molar-refractivity contribution is 0.0850. The van der Waals surface area contributed by atoms with E-state index in [9.17, 15) is 0 Å². The molecule has 0 fully saturated rings. The lowest BCUT2D eigenvalue weighted by atomic mass is 10.6. The van der Waals surface area contributed by atoms with Crippen LogP contribution in [-0.2, 0) is 11.4 Å². The van der Waals surface area contributed by atoms with Crippen LogP contribution in [0.4, 0.5) is 0 Å². The Hall–Kier alpha value is -0.870. The van der Waals surface area contributed by atoms with Crippen molar-refractivity contribution in [3.8, 4) is 0 Å². The molecule has 0 saturated carbocycles. The van der Waals surface area contributed by atoms with E-state index in [4.69, 9.17) is 0 Å². The van der Waals surface area contributed by atoms with Crippen molar-refractivity contribution in [1.82, 2.24) is 15.4 Å². The molecule has 2 N–H and O–H groups in total. The van der Waals surface area contributed by atoms with Crippen molar-refractivity contribution < 1.29 is 4.84 Å². The number of hydroxylamine groups is 1. The zero-order valence-electron chi connectivity index (χ0n) is 5.22. The van der Waals surface area contributed by atoms with Crippen LogP contribution in [0.1, 0.15) is 5.82 Å². The van der Waals surface area contributed by atoms with Crippen LogP contribution in [0.15, 0.2) is 12.4 Å². The van der Waals surface area contributed by atoms with E-state index >= 15 is 0 Å². The Bertz CT molecular complexity index is 149. The largest absolute Gasteiger partial charge is 0.347 e. The monoisotopic (exact) mass is 127 g/mol. The highest BCUT2D eigenvalue weighted by Gasteiger charge is 1.89. The average Bonchev–Trinajstić information content (AvgIpc) is 2.34. The molecule has 1 aromatic rings. The van der Waals surface area contributed by atoms with E-state index in [-0.39, 0.29) is 0 Å². The molecule has 1 heterocycles. The van der Waals surface area contributed by atoms with E-state index in [1.807, 2.05) is 0 Å². The van der Waals surface area contributed by atoms with Crippen LogP contribution in [0.2, 0.25) is 0 Å². The van der Waals surface area contributed by atoms with Gasteiger partial charge in [-0.2, -0.15) is 5.48 Å². The smallest absolute Gasteiger partial charge is 0.122 e. The molecule has 0 radical (unpaired) electrons. The summed E-state index contributed by atoms with van der Waals surface area (Å²) in [5, 5.41) is 0. The van der Waals surface area contributed by atoms with Gasteiger partial charge in [0.1, 0.15) is 5.82 Å². The van der Waals surface area contributed by atoms with E-state index in [2.05, 4.69) is 20.3 Å². The van der Waals surface area contributed by atoms with Crippen molar-refractivity contribution in [2.24, 2.45) is 0 Å². The molecule has 0 aliphatic rings. The van der Waals surface area contributed by atoms with Gasteiger partial charge in [-0.1, -0.05) is 0 Å². The fourth-order valence-electron chi connectivity index (χ4n) is 0.535. The molecule has 9 heavy (non-hydrogen) atoms. The molecule has 1 rings (SSSR count). The first-order chi connectivity index (χ1) is 4.43. The summed E-state index contributed by atoms with van der Waals surface area (Å²) in [6, 6.07) is 0. The molecule has 0 saturated heterocycles. The van der Waals surface area contributed by atoms with Crippen molar-refractivity contribution in [3.05, 3.63) is 18.2 Å². The van der Waals surface area contributed by atoms with Crippen LogP contribution in [0.3, 0.4) is 0 Å². The Morgan fingerprint density at radius 3 is 3.33 bits per heavy atom. The minimum atomic E-state index is 0.615.